The number of carboxylic acid groups (broad SMARTS) is 1. The van der Waals surface area contributed by atoms with Crippen LogP contribution in [0.2, 0.25) is 0 Å². The first-order chi connectivity index (χ1) is 7.91. The lowest BCUT2D eigenvalue weighted by atomic mass is 10.2. The van der Waals surface area contributed by atoms with Gasteiger partial charge in [-0.25, -0.2) is 13.6 Å². The van der Waals surface area contributed by atoms with Gasteiger partial charge in [-0.1, -0.05) is 0 Å². The highest BCUT2D eigenvalue weighted by molar-refractivity contribution is 5.94. The molecule has 0 aliphatic carbocycles. The fraction of sp³-hybridized carbons (Fsp3) is 0.667. The minimum Gasteiger partial charge on any atom is -0.481 e. The van der Waals surface area contributed by atoms with Gasteiger partial charge >= 0.3 is 12.0 Å². The molecule has 98 valence electrons. The second kappa shape index (κ2) is 8.43. The minimum absolute atomic E-state index is 0.0185. The van der Waals surface area contributed by atoms with Gasteiger partial charge in [0.15, 0.2) is 0 Å². The third-order valence-electron chi connectivity index (χ3n) is 1.71. The lowest BCUT2D eigenvalue weighted by Crippen LogP contribution is -2.41. The zero-order chi connectivity index (χ0) is 13.3. The largest absolute Gasteiger partial charge is 0.481 e. The Labute approximate surface area is 96.4 Å². The summed E-state index contributed by atoms with van der Waals surface area (Å²) in [6.07, 6.45) is -2.10. The summed E-state index contributed by atoms with van der Waals surface area (Å²) < 4.78 is 23.3. The number of hydrogen-bond acceptors (Lipinski definition) is 3. The summed E-state index contributed by atoms with van der Waals surface area (Å²) in [6, 6.07) is -0.978. The molecule has 0 unspecified atom stereocenters. The van der Waals surface area contributed by atoms with Crippen LogP contribution in [0.1, 0.15) is 25.7 Å². The molecule has 8 heteroatoms. The molecule has 0 saturated carbocycles. The third kappa shape index (κ3) is 10.6. The molecule has 0 aliphatic rings. The fourth-order valence-electron chi connectivity index (χ4n) is 0.965. The Morgan fingerprint density at radius 2 is 1.71 bits per heavy atom. The molecule has 6 nitrogen and oxygen atoms in total. The predicted molar refractivity (Wildman–Crippen MR) is 53.6 cm³/mol. The van der Waals surface area contributed by atoms with Crippen LogP contribution in [-0.4, -0.2) is 36.0 Å². The monoisotopic (exact) mass is 252 g/mol. The van der Waals surface area contributed by atoms with Crippen LogP contribution >= 0.6 is 0 Å². The number of amides is 3. The van der Waals surface area contributed by atoms with Crippen molar-refractivity contribution >= 4 is 17.9 Å². The van der Waals surface area contributed by atoms with Crippen LogP contribution in [0.4, 0.5) is 13.6 Å². The second-order valence-corrected chi connectivity index (χ2v) is 3.25. The summed E-state index contributed by atoms with van der Waals surface area (Å²) in [5, 5.41) is 12.0. The summed E-state index contributed by atoms with van der Waals surface area (Å²) in [6.45, 7) is -0.821. The Morgan fingerprint density at radius 1 is 1.12 bits per heavy atom. The maximum atomic E-state index is 11.7. The maximum Gasteiger partial charge on any atom is 0.321 e. The number of urea groups is 1. The van der Waals surface area contributed by atoms with Crippen LogP contribution in [0.25, 0.3) is 0 Å². The Hall–Kier alpha value is -1.73. The molecule has 0 bridgehead atoms. The number of hydrogen-bond donors (Lipinski definition) is 3. The van der Waals surface area contributed by atoms with Crippen molar-refractivity contribution in [1.82, 2.24) is 10.6 Å². The highest BCUT2D eigenvalue weighted by Crippen LogP contribution is 1.99. The lowest BCUT2D eigenvalue weighted by Gasteiger charge is -2.05. The fourth-order valence-corrected chi connectivity index (χ4v) is 0.965. The van der Waals surface area contributed by atoms with Gasteiger partial charge in [0.05, 0.1) is 6.54 Å². The van der Waals surface area contributed by atoms with E-state index in [0.717, 1.165) is 0 Å². The number of aliphatic carboxylic acids is 1. The topological polar surface area (TPSA) is 95.5 Å². The van der Waals surface area contributed by atoms with Crippen molar-refractivity contribution in [3.05, 3.63) is 0 Å². The molecular formula is C9H14F2N2O4. The smallest absolute Gasteiger partial charge is 0.321 e. The van der Waals surface area contributed by atoms with Gasteiger partial charge in [-0.15, -0.1) is 0 Å². The molecule has 0 aliphatic heterocycles. The molecule has 0 radical (unpaired) electrons. The van der Waals surface area contributed by atoms with Crippen molar-refractivity contribution in [1.29, 1.82) is 0 Å². The summed E-state index contributed by atoms with van der Waals surface area (Å²) in [5.74, 6) is -1.58. The van der Waals surface area contributed by atoms with Crippen LogP contribution in [0, 0.1) is 0 Å². The molecule has 0 fully saturated rings. The van der Waals surface area contributed by atoms with E-state index >= 15 is 0 Å². The SMILES string of the molecule is O=C(O)CCCCC(=O)NC(=O)NCC(F)F. The van der Waals surface area contributed by atoms with Crippen molar-refractivity contribution in [2.45, 2.75) is 32.1 Å². The zero-order valence-electron chi connectivity index (χ0n) is 9.04. The van der Waals surface area contributed by atoms with E-state index < -0.39 is 30.9 Å². The van der Waals surface area contributed by atoms with Crippen molar-refractivity contribution in [2.75, 3.05) is 6.54 Å². The molecule has 0 rings (SSSR count). The van der Waals surface area contributed by atoms with Crippen molar-refractivity contribution < 1.29 is 28.3 Å². The highest BCUT2D eigenvalue weighted by Gasteiger charge is 2.09. The first kappa shape index (κ1) is 15.3. The molecule has 0 saturated heterocycles. The zero-order valence-corrected chi connectivity index (χ0v) is 9.04. The van der Waals surface area contributed by atoms with E-state index in [4.69, 9.17) is 5.11 Å². The normalized spacial score (nSPS) is 10.1. The molecule has 0 atom stereocenters. The highest BCUT2D eigenvalue weighted by atomic mass is 19.3. The number of nitrogens with one attached hydrogen (secondary N) is 2. The molecule has 3 N–H and O–H groups in total. The standard InChI is InChI=1S/C9H14F2N2O4/c10-6(11)5-12-9(17)13-7(14)3-1-2-4-8(15)16/h6H,1-5H2,(H,15,16)(H2,12,13,14,17). The maximum absolute atomic E-state index is 11.7. The van der Waals surface area contributed by atoms with E-state index in [0.29, 0.717) is 12.8 Å². The number of carboxylic acids is 1. The first-order valence-electron chi connectivity index (χ1n) is 4.99. The molecule has 17 heavy (non-hydrogen) atoms. The van der Waals surface area contributed by atoms with Gasteiger partial charge in [-0.05, 0) is 12.8 Å². The molecule has 0 heterocycles. The van der Waals surface area contributed by atoms with E-state index in [-0.39, 0.29) is 12.8 Å². The number of halogens is 2. The third-order valence-corrected chi connectivity index (χ3v) is 1.71. The molecule has 0 aromatic heterocycles. The van der Waals surface area contributed by atoms with E-state index in [2.05, 4.69) is 0 Å². The number of unbranched alkanes of at least 4 members (excludes halogenated alkanes) is 1. The Morgan fingerprint density at radius 3 is 2.24 bits per heavy atom. The van der Waals surface area contributed by atoms with Gasteiger partial charge < -0.3 is 10.4 Å². The predicted octanol–water partition coefficient (Wildman–Crippen LogP) is 0.722. The molecular weight excluding hydrogens is 238 g/mol. The van der Waals surface area contributed by atoms with E-state index in [1.807, 2.05) is 5.32 Å². The molecule has 3 amide bonds. The first-order valence-corrected chi connectivity index (χ1v) is 4.99. The van der Waals surface area contributed by atoms with E-state index in [1.54, 1.807) is 5.32 Å². The summed E-state index contributed by atoms with van der Waals surface area (Å²) in [7, 11) is 0. The van der Waals surface area contributed by atoms with Gasteiger partial charge in [0.25, 0.3) is 6.43 Å². The Bertz CT molecular complexity index is 284. The van der Waals surface area contributed by atoms with Crippen LogP contribution in [0.15, 0.2) is 0 Å². The quantitative estimate of drug-likeness (QED) is 0.582. The van der Waals surface area contributed by atoms with E-state index in [9.17, 15) is 23.2 Å². The number of alkyl halides is 2. The van der Waals surface area contributed by atoms with Crippen LogP contribution in [0.3, 0.4) is 0 Å². The van der Waals surface area contributed by atoms with Gasteiger partial charge in [0.2, 0.25) is 5.91 Å². The van der Waals surface area contributed by atoms with Crippen molar-refractivity contribution in [3.63, 3.8) is 0 Å². The van der Waals surface area contributed by atoms with Crippen LogP contribution < -0.4 is 10.6 Å². The van der Waals surface area contributed by atoms with Crippen LogP contribution in [-0.2, 0) is 9.59 Å². The van der Waals surface area contributed by atoms with Crippen molar-refractivity contribution in [3.8, 4) is 0 Å². The number of rotatable bonds is 7. The van der Waals surface area contributed by atoms with E-state index in [1.165, 1.54) is 0 Å². The number of carbonyl (C=O) groups excluding carboxylic acids is 2. The molecule has 0 aromatic carbocycles. The average molecular weight is 252 g/mol. The van der Waals surface area contributed by atoms with Crippen molar-refractivity contribution in [2.24, 2.45) is 0 Å². The summed E-state index contributed by atoms with van der Waals surface area (Å²) in [4.78, 5) is 32.0. The lowest BCUT2D eigenvalue weighted by molar-refractivity contribution is -0.137. The van der Waals surface area contributed by atoms with Gasteiger partial charge in [0.1, 0.15) is 0 Å². The van der Waals surface area contributed by atoms with Gasteiger partial charge in [-0.2, -0.15) is 0 Å². The average Bonchev–Trinajstić information content (AvgIpc) is 2.21. The number of carbonyl (C=O) groups is 3. The number of imide groups is 1. The minimum atomic E-state index is -2.67. The summed E-state index contributed by atoms with van der Waals surface area (Å²) in [5.41, 5.74) is 0. The van der Waals surface area contributed by atoms with Gasteiger partial charge in [0, 0.05) is 12.8 Å². The summed E-state index contributed by atoms with van der Waals surface area (Å²) >= 11 is 0. The van der Waals surface area contributed by atoms with Gasteiger partial charge in [-0.3, -0.25) is 14.9 Å². The second-order valence-electron chi connectivity index (χ2n) is 3.25. The van der Waals surface area contributed by atoms with Crippen LogP contribution in [0.5, 0.6) is 0 Å². The molecule has 0 aromatic rings. The Kier molecular flexibility index (Phi) is 7.57. The molecule has 0 spiro atoms. The Balaban J connectivity index is 3.57.